The van der Waals surface area contributed by atoms with Crippen molar-refractivity contribution in [3.63, 3.8) is 0 Å². The van der Waals surface area contributed by atoms with Crippen LogP contribution in [0.4, 0.5) is 10.4 Å². The highest BCUT2D eigenvalue weighted by atomic mass is 19.1. The van der Waals surface area contributed by atoms with E-state index < -0.39 is 0 Å². The van der Waals surface area contributed by atoms with Crippen molar-refractivity contribution in [2.75, 3.05) is 18.0 Å². The number of carbonyl (C=O) groups excluding carboxylic acids is 1. The number of aromatic nitrogens is 2. The van der Waals surface area contributed by atoms with Crippen LogP contribution in [0.25, 0.3) is 22.2 Å². The van der Waals surface area contributed by atoms with Gasteiger partial charge in [0.25, 0.3) is 11.9 Å². The Bertz CT molecular complexity index is 1150. The third kappa shape index (κ3) is 3.54. The molecule has 3 heterocycles. The maximum Gasteiger partial charge on any atom is 0.298 e. The van der Waals surface area contributed by atoms with Crippen molar-refractivity contribution in [3.05, 3.63) is 72.3 Å². The molecule has 0 aliphatic carbocycles. The minimum Gasteiger partial charge on any atom is -0.423 e. The van der Waals surface area contributed by atoms with E-state index in [1.54, 1.807) is 24.4 Å². The molecule has 4 aromatic rings. The molecular formula is C23H21FN4O2. The highest BCUT2D eigenvalue weighted by Gasteiger charge is 2.29. The molecule has 6 nitrogen and oxygen atoms in total. The minimum absolute atomic E-state index is 0.133. The molecule has 5 rings (SSSR count). The van der Waals surface area contributed by atoms with Gasteiger partial charge in [0.15, 0.2) is 5.58 Å². The van der Waals surface area contributed by atoms with E-state index in [-0.39, 0.29) is 17.8 Å². The van der Waals surface area contributed by atoms with Crippen LogP contribution < -0.4 is 10.2 Å². The standard InChI is InChI=1S/C23H21FN4O2/c24-17-9-7-15(8-10-17)16-12-20(25-13-16)22(29)26-14-18-4-3-11-28(18)23-27-19-5-1-2-6-21(19)30-23/h1-2,5-10,12-13,18,25H,3-4,11,14H2,(H,26,29)/t18-/m1/s1. The van der Waals surface area contributed by atoms with E-state index in [9.17, 15) is 9.18 Å². The number of benzene rings is 2. The topological polar surface area (TPSA) is 74.2 Å². The molecule has 1 fully saturated rings. The summed E-state index contributed by atoms with van der Waals surface area (Å²) < 4.78 is 19.0. The number of oxazole rings is 1. The van der Waals surface area contributed by atoms with Crippen molar-refractivity contribution >= 4 is 23.0 Å². The fourth-order valence-electron chi connectivity index (χ4n) is 3.92. The Kier molecular flexibility index (Phi) is 4.71. The molecule has 0 bridgehead atoms. The van der Waals surface area contributed by atoms with Gasteiger partial charge in [-0.05, 0) is 54.3 Å². The van der Waals surface area contributed by atoms with Crippen molar-refractivity contribution in [2.45, 2.75) is 18.9 Å². The van der Waals surface area contributed by atoms with E-state index in [0.717, 1.165) is 41.6 Å². The van der Waals surface area contributed by atoms with E-state index in [1.165, 1.54) is 12.1 Å². The third-order valence-electron chi connectivity index (χ3n) is 5.51. The lowest BCUT2D eigenvalue weighted by molar-refractivity contribution is 0.0947. The Balaban J connectivity index is 1.25. The minimum atomic E-state index is -0.285. The molecule has 1 aliphatic rings. The van der Waals surface area contributed by atoms with E-state index >= 15 is 0 Å². The summed E-state index contributed by atoms with van der Waals surface area (Å²) in [5.41, 5.74) is 3.77. The molecule has 30 heavy (non-hydrogen) atoms. The van der Waals surface area contributed by atoms with Gasteiger partial charge in [-0.15, -0.1) is 0 Å². The molecule has 0 saturated carbocycles. The zero-order valence-corrected chi connectivity index (χ0v) is 16.3. The van der Waals surface area contributed by atoms with Gasteiger partial charge in [0.2, 0.25) is 0 Å². The molecule has 1 atom stereocenters. The summed E-state index contributed by atoms with van der Waals surface area (Å²) in [6.45, 7) is 1.35. The molecule has 0 spiro atoms. The van der Waals surface area contributed by atoms with Crippen LogP contribution in [-0.4, -0.2) is 35.0 Å². The maximum atomic E-state index is 13.1. The van der Waals surface area contributed by atoms with Crippen LogP contribution in [0.2, 0.25) is 0 Å². The Morgan fingerprint density at radius 3 is 2.87 bits per heavy atom. The van der Waals surface area contributed by atoms with Crippen LogP contribution in [0, 0.1) is 5.82 Å². The number of hydrogen-bond acceptors (Lipinski definition) is 4. The first-order chi connectivity index (χ1) is 14.7. The third-order valence-corrected chi connectivity index (χ3v) is 5.51. The Morgan fingerprint density at radius 2 is 2.03 bits per heavy atom. The first-order valence-corrected chi connectivity index (χ1v) is 10.0. The number of aromatic amines is 1. The number of para-hydroxylation sites is 2. The molecule has 1 saturated heterocycles. The number of anilines is 1. The SMILES string of the molecule is O=C(NC[C@H]1CCCN1c1nc2ccccc2o1)c1cc(-c2ccc(F)cc2)c[nH]1. The van der Waals surface area contributed by atoms with Crippen LogP contribution in [-0.2, 0) is 0 Å². The second kappa shape index (κ2) is 7.67. The van der Waals surface area contributed by atoms with Crippen LogP contribution >= 0.6 is 0 Å². The number of H-pyrrole nitrogens is 1. The Hall–Kier alpha value is -3.61. The summed E-state index contributed by atoms with van der Waals surface area (Å²) in [5.74, 6) is -0.458. The highest BCUT2D eigenvalue weighted by molar-refractivity contribution is 5.94. The largest absolute Gasteiger partial charge is 0.423 e. The monoisotopic (exact) mass is 404 g/mol. The molecule has 1 aliphatic heterocycles. The molecule has 2 aromatic carbocycles. The van der Waals surface area contributed by atoms with Gasteiger partial charge in [-0.25, -0.2) is 4.39 Å². The summed E-state index contributed by atoms with van der Waals surface area (Å²) in [6, 6.07) is 16.4. The predicted molar refractivity (Wildman–Crippen MR) is 113 cm³/mol. The number of amides is 1. The van der Waals surface area contributed by atoms with Gasteiger partial charge in [-0.2, -0.15) is 4.98 Å². The maximum absolute atomic E-state index is 13.1. The zero-order valence-electron chi connectivity index (χ0n) is 16.3. The highest BCUT2D eigenvalue weighted by Crippen LogP contribution is 2.28. The fourth-order valence-corrected chi connectivity index (χ4v) is 3.92. The van der Waals surface area contributed by atoms with Gasteiger partial charge in [-0.3, -0.25) is 4.79 Å². The number of halogens is 1. The van der Waals surface area contributed by atoms with E-state index in [2.05, 4.69) is 20.2 Å². The van der Waals surface area contributed by atoms with Gasteiger partial charge in [-0.1, -0.05) is 24.3 Å². The molecule has 1 amide bonds. The van der Waals surface area contributed by atoms with Crippen molar-refractivity contribution in [3.8, 4) is 11.1 Å². The number of hydrogen-bond donors (Lipinski definition) is 2. The van der Waals surface area contributed by atoms with Crippen LogP contribution in [0.1, 0.15) is 23.3 Å². The van der Waals surface area contributed by atoms with E-state index in [0.29, 0.717) is 18.3 Å². The summed E-state index contributed by atoms with van der Waals surface area (Å²) in [4.78, 5) is 22.3. The molecule has 152 valence electrons. The number of rotatable bonds is 5. The van der Waals surface area contributed by atoms with Gasteiger partial charge >= 0.3 is 0 Å². The fraction of sp³-hybridized carbons (Fsp3) is 0.217. The van der Waals surface area contributed by atoms with Crippen molar-refractivity contribution in [1.82, 2.24) is 15.3 Å². The lowest BCUT2D eigenvalue weighted by Crippen LogP contribution is -2.40. The smallest absolute Gasteiger partial charge is 0.298 e. The van der Waals surface area contributed by atoms with Crippen LogP contribution in [0.5, 0.6) is 0 Å². The predicted octanol–water partition coefficient (Wildman–Crippen LogP) is 4.36. The van der Waals surface area contributed by atoms with Crippen molar-refractivity contribution in [2.24, 2.45) is 0 Å². The summed E-state index contributed by atoms with van der Waals surface area (Å²) >= 11 is 0. The number of fused-ring (bicyclic) bond motifs is 1. The van der Waals surface area contributed by atoms with Gasteiger partial charge in [0, 0.05) is 19.3 Å². The molecule has 7 heteroatoms. The van der Waals surface area contributed by atoms with Crippen molar-refractivity contribution in [1.29, 1.82) is 0 Å². The number of carbonyl (C=O) groups is 1. The second-order valence-electron chi connectivity index (χ2n) is 7.47. The Morgan fingerprint density at radius 1 is 1.20 bits per heavy atom. The first kappa shape index (κ1) is 18.4. The second-order valence-corrected chi connectivity index (χ2v) is 7.47. The van der Waals surface area contributed by atoms with Gasteiger partial charge < -0.3 is 19.6 Å². The lowest BCUT2D eigenvalue weighted by Gasteiger charge is -2.22. The number of nitrogens with one attached hydrogen (secondary N) is 2. The molecule has 0 radical (unpaired) electrons. The molecule has 2 N–H and O–H groups in total. The van der Waals surface area contributed by atoms with Gasteiger partial charge in [0.05, 0.1) is 6.04 Å². The normalized spacial score (nSPS) is 16.3. The zero-order chi connectivity index (χ0) is 20.5. The van der Waals surface area contributed by atoms with Crippen LogP contribution in [0.3, 0.4) is 0 Å². The average Bonchev–Trinajstić information content (AvgIpc) is 3.51. The van der Waals surface area contributed by atoms with Crippen molar-refractivity contribution < 1.29 is 13.6 Å². The summed E-state index contributed by atoms with van der Waals surface area (Å²) in [5, 5.41) is 3.01. The summed E-state index contributed by atoms with van der Waals surface area (Å²) in [6.07, 6.45) is 3.74. The lowest BCUT2D eigenvalue weighted by atomic mass is 10.1. The molecule has 0 unspecified atom stereocenters. The van der Waals surface area contributed by atoms with Crippen LogP contribution in [0.15, 0.2) is 65.2 Å². The quantitative estimate of drug-likeness (QED) is 0.518. The molecule has 2 aromatic heterocycles. The van der Waals surface area contributed by atoms with Gasteiger partial charge in [0.1, 0.15) is 17.0 Å². The average molecular weight is 404 g/mol. The van der Waals surface area contributed by atoms with E-state index in [1.807, 2.05) is 24.3 Å². The number of nitrogens with zero attached hydrogens (tertiary/aromatic N) is 2. The Labute approximate surface area is 172 Å². The summed E-state index contributed by atoms with van der Waals surface area (Å²) in [7, 11) is 0. The van der Waals surface area contributed by atoms with E-state index in [4.69, 9.17) is 4.42 Å². The molecular weight excluding hydrogens is 383 g/mol. The first-order valence-electron chi connectivity index (χ1n) is 10.0.